The molecule has 3 nitrogen and oxygen atoms in total. The maximum Gasteiger partial charge on any atom is 0.217 e. The highest BCUT2D eigenvalue weighted by molar-refractivity contribution is 9.10. The van der Waals surface area contributed by atoms with Gasteiger partial charge in [-0.25, -0.2) is 4.98 Å². The molecular weight excluding hydrogens is 244 g/mol. The second-order valence-electron chi connectivity index (χ2n) is 3.00. The van der Waals surface area contributed by atoms with E-state index in [1.54, 1.807) is 6.20 Å². The van der Waals surface area contributed by atoms with Gasteiger partial charge in [0.2, 0.25) is 5.88 Å². The fourth-order valence-corrected chi connectivity index (χ4v) is 1.49. The lowest BCUT2D eigenvalue weighted by Crippen LogP contribution is -2.09. The smallest absolute Gasteiger partial charge is 0.217 e. The van der Waals surface area contributed by atoms with E-state index in [0.29, 0.717) is 6.61 Å². The van der Waals surface area contributed by atoms with E-state index in [-0.39, 0.29) is 0 Å². The monoisotopic (exact) mass is 258 g/mol. The van der Waals surface area contributed by atoms with Gasteiger partial charge in [0.1, 0.15) is 0 Å². The summed E-state index contributed by atoms with van der Waals surface area (Å²) in [5.74, 6) is 0.726. The molecule has 0 aliphatic carbocycles. The molecule has 0 bridgehead atoms. The van der Waals surface area contributed by atoms with E-state index >= 15 is 0 Å². The fraction of sp³-hybridized carbons (Fsp3) is 0.500. The molecule has 0 aromatic carbocycles. The number of hydrogen-bond acceptors (Lipinski definition) is 3. The molecule has 1 N–H and O–H groups in total. The zero-order valence-corrected chi connectivity index (χ0v) is 10.1. The molecule has 0 aliphatic rings. The zero-order chi connectivity index (χ0) is 10.4. The summed E-state index contributed by atoms with van der Waals surface area (Å²) in [4.78, 5) is 4.23. The van der Waals surface area contributed by atoms with Gasteiger partial charge in [0.25, 0.3) is 0 Å². The topological polar surface area (TPSA) is 34.1 Å². The van der Waals surface area contributed by atoms with Crippen LogP contribution in [0.5, 0.6) is 5.88 Å². The average molecular weight is 259 g/mol. The molecule has 0 spiro atoms. The summed E-state index contributed by atoms with van der Waals surface area (Å²) >= 11 is 3.39. The van der Waals surface area contributed by atoms with Crippen LogP contribution in [0.15, 0.2) is 16.7 Å². The van der Waals surface area contributed by atoms with Crippen LogP contribution in [-0.4, -0.2) is 18.6 Å². The molecule has 1 aromatic rings. The number of nitrogens with zero attached hydrogens (tertiary/aromatic N) is 1. The largest absolute Gasteiger partial charge is 0.477 e. The summed E-state index contributed by atoms with van der Waals surface area (Å²) < 4.78 is 6.50. The van der Waals surface area contributed by atoms with Crippen molar-refractivity contribution < 1.29 is 4.74 Å². The Kier molecular flexibility index (Phi) is 4.90. The van der Waals surface area contributed by atoms with Crippen LogP contribution >= 0.6 is 15.9 Å². The van der Waals surface area contributed by atoms with Gasteiger partial charge >= 0.3 is 0 Å². The highest BCUT2D eigenvalue weighted by Crippen LogP contribution is 2.19. The standard InChI is InChI=1S/C10H15BrN2O/c1-3-4-14-10-8(6-12-2)5-9(11)7-13-10/h5,7,12H,3-4,6H2,1-2H3. The lowest BCUT2D eigenvalue weighted by Gasteiger charge is -2.09. The summed E-state index contributed by atoms with van der Waals surface area (Å²) in [6, 6.07) is 2.02. The van der Waals surface area contributed by atoms with Crippen LogP contribution in [0.1, 0.15) is 18.9 Å². The molecule has 78 valence electrons. The zero-order valence-electron chi connectivity index (χ0n) is 8.51. The van der Waals surface area contributed by atoms with E-state index in [9.17, 15) is 0 Å². The molecule has 0 atom stereocenters. The molecule has 1 rings (SSSR count). The third kappa shape index (κ3) is 3.27. The molecule has 0 fully saturated rings. The Morgan fingerprint density at radius 2 is 2.36 bits per heavy atom. The Labute approximate surface area is 93.0 Å². The second-order valence-corrected chi connectivity index (χ2v) is 3.91. The van der Waals surface area contributed by atoms with Gasteiger partial charge in [0.05, 0.1) is 6.61 Å². The lowest BCUT2D eigenvalue weighted by atomic mass is 10.3. The first-order valence-corrected chi connectivity index (χ1v) is 5.49. The molecule has 14 heavy (non-hydrogen) atoms. The Balaban J connectivity index is 2.78. The van der Waals surface area contributed by atoms with E-state index in [1.807, 2.05) is 13.1 Å². The number of hydrogen-bond donors (Lipinski definition) is 1. The van der Waals surface area contributed by atoms with Crippen molar-refractivity contribution in [2.75, 3.05) is 13.7 Å². The first kappa shape index (κ1) is 11.5. The van der Waals surface area contributed by atoms with Crippen LogP contribution in [0.25, 0.3) is 0 Å². The van der Waals surface area contributed by atoms with E-state index in [0.717, 1.165) is 28.9 Å². The third-order valence-corrected chi connectivity index (χ3v) is 2.14. The van der Waals surface area contributed by atoms with Crippen LogP contribution in [0.3, 0.4) is 0 Å². The molecule has 1 aromatic heterocycles. The van der Waals surface area contributed by atoms with Crippen molar-refractivity contribution in [2.45, 2.75) is 19.9 Å². The molecule has 0 radical (unpaired) electrons. The van der Waals surface area contributed by atoms with E-state index in [2.05, 4.69) is 33.2 Å². The summed E-state index contributed by atoms with van der Waals surface area (Å²) in [5.41, 5.74) is 1.08. The minimum Gasteiger partial charge on any atom is -0.477 e. The molecule has 0 amide bonds. The predicted octanol–water partition coefficient (Wildman–Crippen LogP) is 2.35. The molecule has 0 saturated heterocycles. The molecule has 4 heteroatoms. The van der Waals surface area contributed by atoms with Gasteiger partial charge in [-0.3, -0.25) is 0 Å². The van der Waals surface area contributed by atoms with Crippen molar-refractivity contribution in [3.8, 4) is 5.88 Å². The normalized spacial score (nSPS) is 10.2. The molecule has 0 unspecified atom stereocenters. The summed E-state index contributed by atoms with van der Waals surface area (Å²) in [7, 11) is 1.91. The highest BCUT2D eigenvalue weighted by Gasteiger charge is 2.04. The molecule has 0 aliphatic heterocycles. The fourth-order valence-electron chi connectivity index (χ4n) is 1.11. The van der Waals surface area contributed by atoms with Gasteiger partial charge < -0.3 is 10.1 Å². The third-order valence-electron chi connectivity index (χ3n) is 1.70. The van der Waals surface area contributed by atoms with Crippen LogP contribution in [0, 0.1) is 0 Å². The highest BCUT2D eigenvalue weighted by atomic mass is 79.9. The first-order valence-electron chi connectivity index (χ1n) is 4.69. The van der Waals surface area contributed by atoms with Gasteiger partial charge in [-0.2, -0.15) is 0 Å². The van der Waals surface area contributed by atoms with Crippen molar-refractivity contribution in [2.24, 2.45) is 0 Å². The summed E-state index contributed by atoms with van der Waals surface area (Å²) in [6.45, 7) is 3.56. The number of aromatic nitrogens is 1. The Hall–Kier alpha value is -0.610. The van der Waals surface area contributed by atoms with Crippen molar-refractivity contribution in [3.05, 3.63) is 22.3 Å². The van der Waals surface area contributed by atoms with Crippen LogP contribution in [0.2, 0.25) is 0 Å². The maximum atomic E-state index is 5.52. The minimum absolute atomic E-state index is 0.714. The van der Waals surface area contributed by atoms with Gasteiger partial charge in [-0.05, 0) is 35.5 Å². The molecule has 1 heterocycles. The number of ether oxygens (including phenoxy) is 1. The van der Waals surface area contributed by atoms with Gasteiger partial charge in [-0.15, -0.1) is 0 Å². The van der Waals surface area contributed by atoms with Crippen molar-refractivity contribution in [1.29, 1.82) is 0 Å². The quantitative estimate of drug-likeness (QED) is 0.881. The van der Waals surface area contributed by atoms with Crippen LogP contribution in [-0.2, 0) is 6.54 Å². The number of nitrogens with one attached hydrogen (secondary N) is 1. The SMILES string of the molecule is CCCOc1ncc(Br)cc1CNC. The number of halogens is 1. The Morgan fingerprint density at radius 1 is 1.57 bits per heavy atom. The van der Waals surface area contributed by atoms with E-state index in [4.69, 9.17) is 4.74 Å². The van der Waals surface area contributed by atoms with Crippen molar-refractivity contribution in [3.63, 3.8) is 0 Å². The van der Waals surface area contributed by atoms with Crippen LogP contribution in [0.4, 0.5) is 0 Å². The maximum absolute atomic E-state index is 5.52. The number of rotatable bonds is 5. The first-order chi connectivity index (χ1) is 6.77. The molecule has 0 saturated carbocycles. The minimum atomic E-state index is 0.714. The van der Waals surface area contributed by atoms with Crippen molar-refractivity contribution >= 4 is 15.9 Å². The van der Waals surface area contributed by atoms with E-state index in [1.165, 1.54) is 0 Å². The van der Waals surface area contributed by atoms with E-state index < -0.39 is 0 Å². The predicted molar refractivity (Wildman–Crippen MR) is 60.5 cm³/mol. The average Bonchev–Trinajstić information content (AvgIpc) is 2.17. The Morgan fingerprint density at radius 3 is 3.00 bits per heavy atom. The Bertz CT molecular complexity index is 291. The van der Waals surface area contributed by atoms with Crippen LogP contribution < -0.4 is 10.1 Å². The lowest BCUT2D eigenvalue weighted by molar-refractivity contribution is 0.301. The second kappa shape index (κ2) is 5.98. The molecular formula is C10H15BrN2O. The summed E-state index contributed by atoms with van der Waals surface area (Å²) in [6.07, 6.45) is 2.75. The number of pyridine rings is 1. The van der Waals surface area contributed by atoms with Gasteiger partial charge in [0.15, 0.2) is 0 Å². The summed E-state index contributed by atoms with van der Waals surface area (Å²) in [5, 5.41) is 3.09. The van der Waals surface area contributed by atoms with Crippen molar-refractivity contribution in [1.82, 2.24) is 10.3 Å². The van der Waals surface area contributed by atoms with Gasteiger partial charge in [0, 0.05) is 22.8 Å². The van der Waals surface area contributed by atoms with Gasteiger partial charge in [-0.1, -0.05) is 6.92 Å².